The summed E-state index contributed by atoms with van der Waals surface area (Å²) < 4.78 is 5.67. The number of carbonyl (C=O) groups is 1. The van der Waals surface area contributed by atoms with Gasteiger partial charge in [-0.3, -0.25) is 14.9 Å². The van der Waals surface area contributed by atoms with E-state index in [9.17, 15) is 14.9 Å². The Hall–Kier alpha value is -3.00. The molecule has 0 unspecified atom stereocenters. The average molecular weight is 416 g/mol. The smallest absolute Gasteiger partial charge is 0.271 e. The van der Waals surface area contributed by atoms with E-state index in [-0.39, 0.29) is 28.5 Å². The van der Waals surface area contributed by atoms with Gasteiger partial charge in [-0.25, -0.2) is 0 Å². The molecule has 1 amide bonds. The normalized spacial score (nSPS) is 10.9. The Balaban J connectivity index is 1.71. The summed E-state index contributed by atoms with van der Waals surface area (Å²) in [7, 11) is 0. The van der Waals surface area contributed by atoms with Crippen molar-refractivity contribution in [1.29, 1.82) is 0 Å². The van der Waals surface area contributed by atoms with Crippen molar-refractivity contribution in [2.45, 2.75) is 39.0 Å². The largest absolute Gasteiger partial charge is 0.494 e. The summed E-state index contributed by atoms with van der Waals surface area (Å²) in [4.78, 5) is 22.3. The number of benzene rings is 2. The van der Waals surface area contributed by atoms with Gasteiger partial charge in [-0.05, 0) is 47.8 Å². The number of hydrogen-bond donors (Lipinski definition) is 2. The van der Waals surface area contributed by atoms with Crippen molar-refractivity contribution in [3.05, 3.63) is 64.2 Å². The van der Waals surface area contributed by atoms with Gasteiger partial charge < -0.3 is 15.4 Å². The molecule has 0 aromatic heterocycles. The summed E-state index contributed by atoms with van der Waals surface area (Å²) in [5.41, 5.74) is 1.70. The molecule has 2 aromatic rings. The van der Waals surface area contributed by atoms with Crippen molar-refractivity contribution in [2.75, 3.05) is 11.9 Å². The molecule has 0 saturated carbocycles. The van der Waals surface area contributed by atoms with Gasteiger partial charge in [-0.15, -0.1) is 0 Å². The van der Waals surface area contributed by atoms with Gasteiger partial charge in [0.1, 0.15) is 5.75 Å². The monoisotopic (exact) mass is 415 g/mol. The fourth-order valence-electron chi connectivity index (χ4n) is 2.52. The first-order valence-electron chi connectivity index (χ1n) is 9.24. The third kappa shape index (κ3) is 7.50. The number of thiocarbonyl (C=S) groups is 1. The number of rotatable bonds is 7. The number of non-ortho nitro benzene ring substituents is 1. The van der Waals surface area contributed by atoms with E-state index in [0.717, 1.165) is 5.75 Å². The molecular weight excluding hydrogens is 390 g/mol. The van der Waals surface area contributed by atoms with E-state index in [1.165, 1.54) is 23.8 Å². The zero-order valence-corrected chi connectivity index (χ0v) is 17.5. The second-order valence-corrected chi connectivity index (χ2v) is 7.94. The molecule has 0 saturated heterocycles. The summed E-state index contributed by atoms with van der Waals surface area (Å²) >= 11 is 5.07. The Morgan fingerprint density at radius 3 is 2.48 bits per heavy atom. The number of ether oxygens (including phenoxy) is 1. The van der Waals surface area contributed by atoms with Crippen LogP contribution < -0.4 is 15.4 Å². The predicted octanol–water partition coefficient (Wildman–Crippen LogP) is 4.56. The van der Waals surface area contributed by atoms with Crippen LogP contribution in [0.1, 0.15) is 39.2 Å². The maximum Gasteiger partial charge on any atom is 0.271 e. The second kappa shape index (κ2) is 9.97. The summed E-state index contributed by atoms with van der Waals surface area (Å²) in [6, 6.07) is 13.8. The van der Waals surface area contributed by atoms with Gasteiger partial charge in [0.25, 0.3) is 5.69 Å². The first-order chi connectivity index (χ1) is 13.6. The lowest BCUT2D eigenvalue weighted by atomic mass is 9.87. The number of nitro groups is 1. The third-order valence-electron chi connectivity index (χ3n) is 4.11. The van der Waals surface area contributed by atoms with Gasteiger partial charge in [0.2, 0.25) is 5.91 Å². The lowest BCUT2D eigenvalue weighted by molar-refractivity contribution is -0.384. The van der Waals surface area contributed by atoms with E-state index >= 15 is 0 Å². The third-order valence-corrected chi connectivity index (χ3v) is 4.31. The Labute approximate surface area is 175 Å². The first-order valence-corrected chi connectivity index (χ1v) is 9.64. The second-order valence-electron chi connectivity index (χ2n) is 7.54. The molecule has 29 heavy (non-hydrogen) atoms. The number of anilines is 1. The number of hydrogen-bond acceptors (Lipinski definition) is 5. The van der Waals surface area contributed by atoms with Crippen LogP contribution in [-0.4, -0.2) is 22.5 Å². The number of nitrogens with one attached hydrogen (secondary N) is 2. The zero-order valence-electron chi connectivity index (χ0n) is 16.7. The van der Waals surface area contributed by atoms with Crippen LogP contribution in [0.3, 0.4) is 0 Å². The summed E-state index contributed by atoms with van der Waals surface area (Å²) in [6.45, 7) is 6.87. The molecule has 0 fully saturated rings. The Morgan fingerprint density at radius 1 is 1.17 bits per heavy atom. The summed E-state index contributed by atoms with van der Waals surface area (Å²) in [5, 5.41) is 16.2. The van der Waals surface area contributed by atoms with Crippen LogP contribution in [0.5, 0.6) is 5.75 Å². The predicted molar refractivity (Wildman–Crippen MR) is 117 cm³/mol. The summed E-state index contributed by atoms with van der Waals surface area (Å²) in [5.74, 6) is 0.515. The molecular formula is C21H25N3O4S. The number of nitro benzene ring substituents is 1. The lowest BCUT2D eigenvalue weighted by Crippen LogP contribution is -2.34. The first kappa shape index (κ1) is 22.3. The number of nitrogens with zero attached hydrogens (tertiary/aromatic N) is 1. The molecule has 0 heterocycles. The quantitative estimate of drug-likeness (QED) is 0.298. The van der Waals surface area contributed by atoms with Gasteiger partial charge in [0.15, 0.2) is 5.11 Å². The molecule has 0 bridgehead atoms. The van der Waals surface area contributed by atoms with Gasteiger partial charge in [-0.1, -0.05) is 39.0 Å². The highest BCUT2D eigenvalue weighted by atomic mass is 32.1. The van der Waals surface area contributed by atoms with E-state index in [2.05, 4.69) is 31.4 Å². The van der Waals surface area contributed by atoms with Gasteiger partial charge in [-0.2, -0.15) is 0 Å². The van der Waals surface area contributed by atoms with Crippen LogP contribution in [0.15, 0.2) is 48.5 Å². The highest BCUT2D eigenvalue weighted by Crippen LogP contribution is 2.24. The SMILES string of the molecule is CC(C)(C)c1ccc(OCCCC(=O)NC(=S)Nc2cccc([N+](=O)[O-])c2)cc1. The molecule has 2 aromatic carbocycles. The van der Waals surface area contributed by atoms with Crippen molar-refractivity contribution in [1.82, 2.24) is 5.32 Å². The van der Waals surface area contributed by atoms with E-state index in [1.807, 2.05) is 24.3 Å². The number of amides is 1. The number of carbonyl (C=O) groups excluding carboxylic acids is 1. The Morgan fingerprint density at radius 2 is 1.86 bits per heavy atom. The highest BCUT2D eigenvalue weighted by Gasteiger charge is 2.13. The van der Waals surface area contributed by atoms with Crippen molar-refractivity contribution in [3.8, 4) is 5.75 Å². The fraction of sp³-hybridized carbons (Fsp3) is 0.333. The molecule has 0 aliphatic carbocycles. The molecule has 0 aliphatic rings. The van der Waals surface area contributed by atoms with E-state index in [0.29, 0.717) is 18.7 Å². The van der Waals surface area contributed by atoms with Crippen molar-refractivity contribution >= 4 is 34.6 Å². The van der Waals surface area contributed by atoms with Crippen molar-refractivity contribution in [3.63, 3.8) is 0 Å². The maximum atomic E-state index is 12.0. The van der Waals surface area contributed by atoms with Crippen LogP contribution in [0, 0.1) is 10.1 Å². The van der Waals surface area contributed by atoms with Crippen LogP contribution in [0.2, 0.25) is 0 Å². The molecule has 8 heteroatoms. The van der Waals surface area contributed by atoms with Gasteiger partial charge in [0.05, 0.1) is 11.5 Å². The molecule has 0 spiro atoms. The lowest BCUT2D eigenvalue weighted by Gasteiger charge is -2.19. The minimum absolute atomic E-state index is 0.0585. The van der Waals surface area contributed by atoms with Crippen molar-refractivity contribution in [2.24, 2.45) is 0 Å². The molecule has 154 valence electrons. The van der Waals surface area contributed by atoms with E-state index < -0.39 is 4.92 Å². The molecule has 7 nitrogen and oxygen atoms in total. The molecule has 2 N–H and O–H groups in total. The van der Waals surface area contributed by atoms with E-state index in [1.54, 1.807) is 6.07 Å². The highest BCUT2D eigenvalue weighted by molar-refractivity contribution is 7.80. The van der Waals surface area contributed by atoms with Crippen molar-refractivity contribution < 1.29 is 14.5 Å². The molecule has 0 aliphatic heterocycles. The maximum absolute atomic E-state index is 12.0. The molecule has 2 rings (SSSR count). The van der Waals surface area contributed by atoms with E-state index in [4.69, 9.17) is 17.0 Å². The topological polar surface area (TPSA) is 93.5 Å². The Kier molecular flexibility index (Phi) is 7.67. The van der Waals surface area contributed by atoms with Crippen LogP contribution in [-0.2, 0) is 10.2 Å². The minimum atomic E-state index is -0.497. The molecule has 0 atom stereocenters. The fourth-order valence-corrected chi connectivity index (χ4v) is 2.75. The minimum Gasteiger partial charge on any atom is -0.494 e. The Bertz CT molecular complexity index is 876. The van der Waals surface area contributed by atoms with Crippen LogP contribution in [0.25, 0.3) is 0 Å². The standard InChI is InChI=1S/C21H25N3O4S/c1-21(2,3)15-9-11-18(12-10-15)28-13-5-8-19(25)23-20(29)22-16-6-4-7-17(14-16)24(26)27/h4,6-7,9-12,14H,5,8,13H2,1-3H3,(H2,22,23,25,29). The average Bonchev–Trinajstić information content (AvgIpc) is 2.65. The van der Waals surface area contributed by atoms with Gasteiger partial charge >= 0.3 is 0 Å². The van der Waals surface area contributed by atoms with Gasteiger partial charge in [0, 0.05) is 24.2 Å². The molecule has 0 radical (unpaired) electrons. The summed E-state index contributed by atoms with van der Waals surface area (Å²) in [6.07, 6.45) is 0.781. The zero-order chi connectivity index (χ0) is 21.4. The van der Waals surface area contributed by atoms with Crippen LogP contribution in [0.4, 0.5) is 11.4 Å². The van der Waals surface area contributed by atoms with Crippen LogP contribution >= 0.6 is 12.2 Å².